The quantitative estimate of drug-likeness (QED) is 0.718. The number of likely N-dealkylation sites (tertiary alicyclic amines) is 1. The minimum Gasteiger partial charge on any atom is -0.444 e. The second-order valence-electron chi connectivity index (χ2n) is 7.93. The molecule has 0 aromatic heterocycles. The molecule has 1 saturated heterocycles. The fourth-order valence-corrected chi connectivity index (χ4v) is 3.01. The van der Waals surface area contributed by atoms with Gasteiger partial charge in [-0.25, -0.2) is 4.79 Å². The van der Waals surface area contributed by atoms with E-state index in [9.17, 15) is 18.4 Å². The van der Waals surface area contributed by atoms with Crippen LogP contribution in [0.2, 0.25) is 0 Å². The van der Waals surface area contributed by atoms with E-state index in [1.165, 1.54) is 18.2 Å². The van der Waals surface area contributed by atoms with Gasteiger partial charge in [0.05, 0.1) is 0 Å². The maximum Gasteiger partial charge on any atom is 0.410 e. The average molecular weight is 410 g/mol. The molecule has 8 heteroatoms. The molecule has 160 valence electrons. The first kappa shape index (κ1) is 22.6. The van der Waals surface area contributed by atoms with Gasteiger partial charge in [0, 0.05) is 31.3 Å². The van der Waals surface area contributed by atoms with Crippen molar-refractivity contribution in [3.8, 4) is 5.75 Å². The number of hydrogen-bond acceptors (Lipinski definition) is 4. The number of rotatable bonds is 6. The molecule has 1 aliphatic heterocycles. The highest BCUT2D eigenvalue weighted by molar-refractivity contribution is 5.92. The number of nitrogens with one attached hydrogen (secondary N) is 1. The Labute approximate surface area is 169 Å². The number of nitrogens with zero attached hydrogens (tertiary/aromatic N) is 1. The smallest absolute Gasteiger partial charge is 0.410 e. The SMILES string of the molecule is CC(C)(C)OC(=O)N1CCCC(CNC(=O)/C=C/c2ccccc2OC(F)F)C1. The minimum absolute atomic E-state index is 0.00633. The molecule has 0 spiro atoms. The first-order chi connectivity index (χ1) is 13.6. The third-order valence-electron chi connectivity index (χ3n) is 4.28. The number of para-hydroxylation sites is 1. The van der Waals surface area contributed by atoms with Gasteiger partial charge < -0.3 is 19.7 Å². The molecule has 0 aliphatic carbocycles. The molecule has 6 nitrogen and oxygen atoms in total. The van der Waals surface area contributed by atoms with Crippen LogP contribution in [0.5, 0.6) is 5.75 Å². The van der Waals surface area contributed by atoms with Crippen molar-refractivity contribution in [2.45, 2.75) is 45.8 Å². The van der Waals surface area contributed by atoms with E-state index < -0.39 is 12.2 Å². The summed E-state index contributed by atoms with van der Waals surface area (Å²) in [6.45, 7) is 4.11. The van der Waals surface area contributed by atoms with Crippen LogP contribution < -0.4 is 10.1 Å². The van der Waals surface area contributed by atoms with Gasteiger partial charge in [0.25, 0.3) is 0 Å². The molecule has 2 rings (SSSR count). The van der Waals surface area contributed by atoms with Crippen LogP contribution in [0.15, 0.2) is 30.3 Å². The standard InChI is InChI=1S/C21H28F2N2O4/c1-21(2,3)29-20(27)25-12-6-7-15(14-25)13-24-18(26)11-10-16-8-4-5-9-17(16)28-19(22)23/h4-5,8-11,15,19H,6-7,12-14H2,1-3H3,(H,24,26)/b11-10+. The van der Waals surface area contributed by atoms with Crippen LogP contribution in [0.4, 0.5) is 13.6 Å². The van der Waals surface area contributed by atoms with Crippen LogP contribution in [0, 0.1) is 5.92 Å². The minimum atomic E-state index is -2.93. The molecule has 2 amide bonds. The Morgan fingerprint density at radius 1 is 1.31 bits per heavy atom. The van der Waals surface area contributed by atoms with E-state index in [1.54, 1.807) is 23.1 Å². The summed E-state index contributed by atoms with van der Waals surface area (Å²) >= 11 is 0. The molecule has 0 radical (unpaired) electrons. The highest BCUT2D eigenvalue weighted by atomic mass is 19.3. The topological polar surface area (TPSA) is 67.9 Å². The Morgan fingerprint density at radius 3 is 2.72 bits per heavy atom. The average Bonchev–Trinajstić information content (AvgIpc) is 2.64. The van der Waals surface area contributed by atoms with Gasteiger partial charge in [-0.3, -0.25) is 4.79 Å². The van der Waals surface area contributed by atoms with Crippen molar-refractivity contribution in [3.63, 3.8) is 0 Å². The van der Waals surface area contributed by atoms with E-state index in [0.29, 0.717) is 25.2 Å². The molecule has 1 heterocycles. The number of carbonyl (C=O) groups excluding carboxylic acids is 2. The lowest BCUT2D eigenvalue weighted by atomic mass is 9.98. The maximum absolute atomic E-state index is 12.4. The third kappa shape index (κ3) is 8.09. The van der Waals surface area contributed by atoms with E-state index in [4.69, 9.17) is 4.74 Å². The summed E-state index contributed by atoms with van der Waals surface area (Å²) in [5.41, 5.74) is -0.162. The number of amides is 2. The van der Waals surface area contributed by atoms with E-state index in [0.717, 1.165) is 12.8 Å². The number of hydrogen-bond donors (Lipinski definition) is 1. The number of halogens is 2. The zero-order valence-corrected chi connectivity index (χ0v) is 17.0. The molecule has 1 atom stereocenters. The first-order valence-corrected chi connectivity index (χ1v) is 9.62. The number of piperidine rings is 1. The van der Waals surface area contributed by atoms with Gasteiger partial charge in [-0.15, -0.1) is 0 Å². The van der Waals surface area contributed by atoms with Gasteiger partial charge in [-0.1, -0.05) is 18.2 Å². The molecule has 29 heavy (non-hydrogen) atoms. The normalized spacial score (nSPS) is 17.4. The highest BCUT2D eigenvalue weighted by Crippen LogP contribution is 2.22. The van der Waals surface area contributed by atoms with Crippen LogP contribution in [-0.4, -0.2) is 48.7 Å². The molecule has 0 bridgehead atoms. The highest BCUT2D eigenvalue weighted by Gasteiger charge is 2.27. The van der Waals surface area contributed by atoms with Crippen molar-refractivity contribution in [3.05, 3.63) is 35.9 Å². The second-order valence-corrected chi connectivity index (χ2v) is 7.93. The Bertz CT molecular complexity index is 732. The van der Waals surface area contributed by atoms with Crippen LogP contribution in [0.1, 0.15) is 39.2 Å². The predicted octanol–water partition coefficient (Wildman–Crippen LogP) is 4.06. The predicted molar refractivity (Wildman–Crippen MR) is 106 cm³/mol. The third-order valence-corrected chi connectivity index (χ3v) is 4.28. The fraction of sp³-hybridized carbons (Fsp3) is 0.524. The van der Waals surface area contributed by atoms with Crippen molar-refractivity contribution in [2.24, 2.45) is 5.92 Å². The summed E-state index contributed by atoms with van der Waals surface area (Å²) in [7, 11) is 0. The molecule has 1 aliphatic rings. The molecule has 1 N–H and O–H groups in total. The van der Waals surface area contributed by atoms with Crippen molar-refractivity contribution in [2.75, 3.05) is 19.6 Å². The summed E-state index contributed by atoms with van der Waals surface area (Å²) in [6, 6.07) is 6.25. The van der Waals surface area contributed by atoms with Gasteiger partial charge in [0.15, 0.2) is 0 Å². The van der Waals surface area contributed by atoms with Crippen molar-refractivity contribution in [1.82, 2.24) is 10.2 Å². The number of carbonyl (C=O) groups is 2. The van der Waals surface area contributed by atoms with E-state index in [2.05, 4.69) is 10.1 Å². The molecular formula is C21H28F2N2O4. The van der Waals surface area contributed by atoms with Crippen molar-refractivity contribution >= 4 is 18.1 Å². The summed E-state index contributed by atoms with van der Waals surface area (Å²) < 4.78 is 34.7. The van der Waals surface area contributed by atoms with E-state index >= 15 is 0 Å². The summed E-state index contributed by atoms with van der Waals surface area (Å²) in [5.74, 6) is -0.207. The molecule has 0 saturated carbocycles. The van der Waals surface area contributed by atoms with Crippen LogP contribution in [0.25, 0.3) is 6.08 Å². The largest absolute Gasteiger partial charge is 0.444 e. The fourth-order valence-electron chi connectivity index (χ4n) is 3.01. The Morgan fingerprint density at radius 2 is 2.03 bits per heavy atom. The van der Waals surface area contributed by atoms with E-state index in [-0.39, 0.29) is 23.7 Å². The van der Waals surface area contributed by atoms with Gasteiger partial charge in [-0.2, -0.15) is 8.78 Å². The van der Waals surface area contributed by atoms with Crippen LogP contribution in [0.3, 0.4) is 0 Å². The molecule has 1 aromatic rings. The van der Waals surface area contributed by atoms with Gasteiger partial charge >= 0.3 is 12.7 Å². The zero-order chi connectivity index (χ0) is 21.4. The monoisotopic (exact) mass is 410 g/mol. The maximum atomic E-state index is 12.4. The van der Waals surface area contributed by atoms with Crippen molar-refractivity contribution in [1.29, 1.82) is 0 Å². The first-order valence-electron chi connectivity index (χ1n) is 9.62. The van der Waals surface area contributed by atoms with Gasteiger partial charge in [0.1, 0.15) is 11.4 Å². The summed E-state index contributed by atoms with van der Waals surface area (Å²) in [6.07, 6.45) is 4.11. The van der Waals surface area contributed by atoms with Crippen molar-refractivity contribution < 1.29 is 27.8 Å². The summed E-state index contributed by atoms with van der Waals surface area (Å²) in [5, 5.41) is 2.80. The Balaban J connectivity index is 1.85. The van der Waals surface area contributed by atoms with Gasteiger partial charge in [-0.05, 0) is 51.7 Å². The molecule has 1 fully saturated rings. The lowest BCUT2D eigenvalue weighted by Crippen LogP contribution is -2.45. The van der Waals surface area contributed by atoms with Crippen LogP contribution in [-0.2, 0) is 9.53 Å². The molecule has 1 aromatic carbocycles. The molecular weight excluding hydrogens is 382 g/mol. The van der Waals surface area contributed by atoms with Gasteiger partial charge in [0.2, 0.25) is 5.91 Å². The molecule has 1 unspecified atom stereocenters. The van der Waals surface area contributed by atoms with E-state index in [1.807, 2.05) is 20.8 Å². The lowest BCUT2D eigenvalue weighted by molar-refractivity contribution is -0.116. The Hall–Kier alpha value is -2.64. The number of alkyl halides is 2. The number of benzene rings is 1. The lowest BCUT2D eigenvalue weighted by Gasteiger charge is -2.34. The Kier molecular flexibility index (Phi) is 7.99. The number of ether oxygens (including phenoxy) is 2. The zero-order valence-electron chi connectivity index (χ0n) is 17.0. The van der Waals surface area contributed by atoms with Crippen LogP contribution >= 0.6 is 0 Å². The summed E-state index contributed by atoms with van der Waals surface area (Å²) in [4.78, 5) is 26.0. The second kappa shape index (κ2) is 10.2.